The zero-order valence-electron chi connectivity index (χ0n) is 10.7. The highest BCUT2D eigenvalue weighted by Crippen LogP contribution is 2.26. The summed E-state index contributed by atoms with van der Waals surface area (Å²) in [6, 6.07) is 5.02. The van der Waals surface area contributed by atoms with Crippen molar-refractivity contribution in [3.8, 4) is 0 Å². The number of nitrogens with two attached hydrogens (primary N) is 1. The highest BCUT2D eigenvalue weighted by Gasteiger charge is 2.21. The van der Waals surface area contributed by atoms with Crippen molar-refractivity contribution in [1.29, 1.82) is 0 Å². The van der Waals surface area contributed by atoms with E-state index in [-0.39, 0.29) is 23.9 Å². The topological polar surface area (TPSA) is 55.1 Å². The third-order valence-corrected chi connectivity index (χ3v) is 3.59. The van der Waals surface area contributed by atoms with Gasteiger partial charge in [-0.1, -0.05) is 43.1 Å². The first-order valence-electron chi connectivity index (χ1n) is 5.83. The highest BCUT2D eigenvalue weighted by molar-refractivity contribution is 6.42. The van der Waals surface area contributed by atoms with E-state index < -0.39 is 0 Å². The van der Waals surface area contributed by atoms with Crippen LogP contribution in [0.15, 0.2) is 18.2 Å². The van der Waals surface area contributed by atoms with Crippen molar-refractivity contribution in [2.75, 3.05) is 0 Å². The number of hydrogen-bond donors (Lipinski definition) is 2. The molecule has 0 saturated carbocycles. The molecule has 1 aromatic carbocycles. The van der Waals surface area contributed by atoms with Crippen LogP contribution in [0.2, 0.25) is 10.0 Å². The van der Waals surface area contributed by atoms with Crippen molar-refractivity contribution >= 4 is 29.1 Å². The maximum atomic E-state index is 11.3. The average Bonchev–Trinajstić information content (AvgIpc) is 2.28. The lowest BCUT2D eigenvalue weighted by Gasteiger charge is -2.24. The van der Waals surface area contributed by atoms with Gasteiger partial charge in [0.1, 0.15) is 0 Å². The molecule has 2 unspecified atom stereocenters. The Hall–Kier alpha value is -0.770. The number of carbonyl (C=O) groups excluding carboxylic acids is 1. The molecule has 0 spiro atoms. The summed E-state index contributed by atoms with van der Waals surface area (Å²) in [7, 11) is 0. The van der Waals surface area contributed by atoms with Gasteiger partial charge in [-0.05, 0) is 30.5 Å². The fraction of sp³-hybridized carbons (Fsp3) is 0.462. The van der Waals surface area contributed by atoms with Gasteiger partial charge in [0.15, 0.2) is 0 Å². The standard InChI is InChI=1S/C13H18Cl2N2O/c1-7(2)12(13(16)18)17-8(3)9-4-5-10(14)11(15)6-9/h4-8,12,17H,1-3H3,(H2,16,18). The van der Waals surface area contributed by atoms with Crippen LogP contribution in [0, 0.1) is 5.92 Å². The lowest BCUT2D eigenvalue weighted by atomic mass is 10.0. The molecular weight excluding hydrogens is 271 g/mol. The molecule has 0 radical (unpaired) electrons. The Balaban J connectivity index is 2.83. The van der Waals surface area contributed by atoms with Gasteiger partial charge in [0, 0.05) is 6.04 Å². The molecule has 1 amide bonds. The number of benzene rings is 1. The maximum Gasteiger partial charge on any atom is 0.234 e. The molecule has 0 fully saturated rings. The Bertz CT molecular complexity index is 435. The molecule has 2 atom stereocenters. The minimum absolute atomic E-state index is 0.0281. The van der Waals surface area contributed by atoms with Gasteiger partial charge in [-0.25, -0.2) is 0 Å². The summed E-state index contributed by atoms with van der Waals surface area (Å²) < 4.78 is 0. The summed E-state index contributed by atoms with van der Waals surface area (Å²) in [5.41, 5.74) is 6.34. The van der Waals surface area contributed by atoms with Crippen molar-refractivity contribution in [2.24, 2.45) is 11.7 Å². The summed E-state index contributed by atoms with van der Waals surface area (Å²) in [5.74, 6) is -0.218. The second-order valence-corrected chi connectivity index (χ2v) is 5.50. The van der Waals surface area contributed by atoms with Crippen LogP contribution in [-0.2, 0) is 4.79 Å². The van der Waals surface area contributed by atoms with Crippen molar-refractivity contribution < 1.29 is 4.79 Å². The first-order chi connectivity index (χ1) is 8.32. The fourth-order valence-corrected chi connectivity index (χ4v) is 2.06. The van der Waals surface area contributed by atoms with Crippen molar-refractivity contribution in [3.05, 3.63) is 33.8 Å². The summed E-state index contributed by atoms with van der Waals surface area (Å²) in [5, 5.41) is 4.22. The number of hydrogen-bond acceptors (Lipinski definition) is 2. The Morgan fingerprint density at radius 1 is 1.22 bits per heavy atom. The molecule has 3 nitrogen and oxygen atoms in total. The number of rotatable bonds is 5. The van der Waals surface area contributed by atoms with Gasteiger partial charge in [0.2, 0.25) is 5.91 Å². The van der Waals surface area contributed by atoms with E-state index >= 15 is 0 Å². The van der Waals surface area contributed by atoms with Crippen LogP contribution in [0.5, 0.6) is 0 Å². The van der Waals surface area contributed by atoms with Crippen molar-refractivity contribution in [2.45, 2.75) is 32.9 Å². The normalized spacial score (nSPS) is 14.6. The molecular formula is C13H18Cl2N2O. The van der Waals surface area contributed by atoms with E-state index in [4.69, 9.17) is 28.9 Å². The quantitative estimate of drug-likeness (QED) is 0.874. The SMILES string of the molecule is CC(NC(C(N)=O)C(C)C)c1ccc(Cl)c(Cl)c1. The van der Waals surface area contributed by atoms with Gasteiger partial charge in [0.25, 0.3) is 0 Å². The average molecular weight is 289 g/mol. The zero-order chi connectivity index (χ0) is 13.9. The predicted molar refractivity (Wildman–Crippen MR) is 75.8 cm³/mol. The molecule has 1 aromatic rings. The molecule has 0 heterocycles. The summed E-state index contributed by atoms with van der Waals surface area (Å²) in [6.45, 7) is 5.85. The smallest absolute Gasteiger partial charge is 0.234 e. The van der Waals surface area contributed by atoms with Gasteiger partial charge in [0.05, 0.1) is 16.1 Å². The minimum atomic E-state index is -0.366. The highest BCUT2D eigenvalue weighted by atomic mass is 35.5. The lowest BCUT2D eigenvalue weighted by molar-refractivity contribution is -0.121. The van der Waals surface area contributed by atoms with E-state index in [0.29, 0.717) is 10.0 Å². The van der Waals surface area contributed by atoms with Crippen LogP contribution in [-0.4, -0.2) is 11.9 Å². The Morgan fingerprint density at radius 3 is 2.28 bits per heavy atom. The zero-order valence-corrected chi connectivity index (χ0v) is 12.2. The number of nitrogens with one attached hydrogen (secondary N) is 1. The summed E-state index contributed by atoms with van der Waals surface area (Å²) in [4.78, 5) is 11.3. The van der Waals surface area contributed by atoms with E-state index in [1.807, 2.05) is 26.8 Å². The maximum absolute atomic E-state index is 11.3. The van der Waals surface area contributed by atoms with Gasteiger partial charge in [-0.15, -0.1) is 0 Å². The van der Waals surface area contributed by atoms with E-state index in [1.165, 1.54) is 0 Å². The first-order valence-corrected chi connectivity index (χ1v) is 6.58. The Morgan fingerprint density at radius 2 is 1.83 bits per heavy atom. The third kappa shape index (κ3) is 3.87. The van der Waals surface area contributed by atoms with Crippen LogP contribution in [0.25, 0.3) is 0 Å². The molecule has 0 aromatic heterocycles. The van der Waals surface area contributed by atoms with Crippen LogP contribution < -0.4 is 11.1 Å². The van der Waals surface area contributed by atoms with E-state index in [0.717, 1.165) is 5.56 Å². The molecule has 0 saturated heterocycles. The minimum Gasteiger partial charge on any atom is -0.368 e. The summed E-state index contributed by atoms with van der Waals surface area (Å²) >= 11 is 11.8. The first kappa shape index (κ1) is 15.3. The van der Waals surface area contributed by atoms with Gasteiger partial charge in [-0.2, -0.15) is 0 Å². The molecule has 0 aliphatic heterocycles. The number of primary amides is 1. The molecule has 0 aliphatic carbocycles. The van der Waals surface area contributed by atoms with Crippen LogP contribution in [0.1, 0.15) is 32.4 Å². The predicted octanol–water partition coefficient (Wildman–Crippen LogP) is 3.15. The van der Waals surface area contributed by atoms with E-state index in [2.05, 4.69) is 5.32 Å². The molecule has 18 heavy (non-hydrogen) atoms. The largest absolute Gasteiger partial charge is 0.368 e. The van der Waals surface area contributed by atoms with E-state index in [1.54, 1.807) is 12.1 Å². The summed E-state index contributed by atoms with van der Waals surface area (Å²) in [6.07, 6.45) is 0. The molecule has 3 N–H and O–H groups in total. The second kappa shape index (κ2) is 6.41. The third-order valence-electron chi connectivity index (χ3n) is 2.85. The lowest BCUT2D eigenvalue weighted by Crippen LogP contribution is -2.45. The molecule has 100 valence electrons. The Labute approximate surface area is 118 Å². The van der Waals surface area contributed by atoms with Crippen molar-refractivity contribution in [3.63, 3.8) is 0 Å². The Kier molecular flexibility index (Phi) is 5.45. The number of carbonyl (C=O) groups is 1. The number of halogens is 2. The van der Waals surface area contributed by atoms with Crippen LogP contribution >= 0.6 is 23.2 Å². The molecule has 0 aliphatic rings. The second-order valence-electron chi connectivity index (χ2n) is 4.69. The fourth-order valence-electron chi connectivity index (χ4n) is 1.75. The van der Waals surface area contributed by atoms with Gasteiger partial charge < -0.3 is 5.73 Å². The van der Waals surface area contributed by atoms with Gasteiger partial charge in [-0.3, -0.25) is 10.1 Å². The van der Waals surface area contributed by atoms with Gasteiger partial charge >= 0.3 is 0 Å². The van der Waals surface area contributed by atoms with E-state index in [9.17, 15) is 4.79 Å². The monoisotopic (exact) mass is 288 g/mol. The molecule has 1 rings (SSSR count). The van der Waals surface area contributed by atoms with Crippen molar-refractivity contribution in [1.82, 2.24) is 5.32 Å². The van der Waals surface area contributed by atoms with Crippen LogP contribution in [0.3, 0.4) is 0 Å². The van der Waals surface area contributed by atoms with Crippen LogP contribution in [0.4, 0.5) is 0 Å². The molecule has 0 bridgehead atoms. The molecule has 5 heteroatoms. The number of amides is 1.